The van der Waals surface area contributed by atoms with Crippen LogP contribution in [0.5, 0.6) is 5.75 Å². The van der Waals surface area contributed by atoms with Crippen LogP contribution in [-0.2, 0) is 5.41 Å². The van der Waals surface area contributed by atoms with Gasteiger partial charge in [0.05, 0.1) is 11.1 Å². The average Bonchev–Trinajstić information content (AvgIpc) is 2.53. The number of carbonyl (C=O) groups excluding carboxylic acids is 1. The molecule has 0 bridgehead atoms. The molecule has 26 heavy (non-hydrogen) atoms. The molecule has 1 aliphatic rings. The molecule has 0 aliphatic carbocycles. The summed E-state index contributed by atoms with van der Waals surface area (Å²) in [5.74, 6) is 2.02. The molecular formula is C21H33BrN2O2. The minimum atomic E-state index is 0.0547. The van der Waals surface area contributed by atoms with E-state index >= 15 is 0 Å². The predicted molar refractivity (Wildman–Crippen MR) is 111 cm³/mol. The molecule has 0 aromatic heterocycles. The fourth-order valence-corrected chi connectivity index (χ4v) is 3.97. The molecule has 2 atom stereocenters. The zero-order chi connectivity index (χ0) is 19.3. The fourth-order valence-electron chi connectivity index (χ4n) is 3.47. The topological polar surface area (TPSA) is 41.6 Å². The van der Waals surface area contributed by atoms with E-state index in [-0.39, 0.29) is 11.4 Å². The van der Waals surface area contributed by atoms with E-state index in [0.717, 1.165) is 29.7 Å². The number of likely N-dealkylation sites (tertiary alicyclic amines) is 1. The fraction of sp³-hybridized carbons (Fsp3) is 0.667. The van der Waals surface area contributed by atoms with Crippen LogP contribution in [0.25, 0.3) is 0 Å². The van der Waals surface area contributed by atoms with Crippen molar-refractivity contribution in [3.05, 3.63) is 28.2 Å². The van der Waals surface area contributed by atoms with E-state index in [1.165, 1.54) is 12.0 Å². The number of benzene rings is 1. The van der Waals surface area contributed by atoms with E-state index in [1.54, 1.807) is 0 Å². The summed E-state index contributed by atoms with van der Waals surface area (Å²) in [6, 6.07) is 6.30. The second-order valence-corrected chi connectivity index (χ2v) is 9.53. The Morgan fingerprint density at radius 2 is 1.92 bits per heavy atom. The lowest BCUT2D eigenvalue weighted by molar-refractivity contribution is 0.145. The number of nitrogens with one attached hydrogen (secondary N) is 1. The molecule has 5 heteroatoms. The van der Waals surface area contributed by atoms with Gasteiger partial charge in [0.25, 0.3) is 0 Å². The largest absolute Gasteiger partial charge is 0.492 e. The van der Waals surface area contributed by atoms with Crippen LogP contribution in [-0.4, -0.2) is 37.2 Å². The molecule has 0 radical (unpaired) electrons. The van der Waals surface area contributed by atoms with E-state index in [4.69, 9.17) is 4.74 Å². The lowest BCUT2D eigenvalue weighted by Crippen LogP contribution is -2.47. The average molecular weight is 425 g/mol. The molecule has 1 N–H and O–H groups in total. The first-order valence-electron chi connectivity index (χ1n) is 9.62. The molecule has 1 heterocycles. The van der Waals surface area contributed by atoms with Gasteiger partial charge < -0.3 is 15.0 Å². The summed E-state index contributed by atoms with van der Waals surface area (Å²) in [6.45, 7) is 14.0. The first kappa shape index (κ1) is 21.1. The number of rotatable bonds is 5. The summed E-state index contributed by atoms with van der Waals surface area (Å²) in [7, 11) is 0. The number of carbonyl (C=O) groups is 1. The molecule has 0 spiro atoms. The molecule has 146 valence electrons. The lowest BCUT2D eigenvalue weighted by atomic mass is 9.87. The van der Waals surface area contributed by atoms with E-state index in [2.05, 4.69) is 68.0 Å². The SMILES string of the molecule is CC1CC(C)CN(C(=O)NCCCOc2ccc(C(C)(C)C)cc2Br)C1. The van der Waals surface area contributed by atoms with Crippen molar-refractivity contribution in [2.45, 2.75) is 52.9 Å². The van der Waals surface area contributed by atoms with Crippen molar-refractivity contribution in [3.63, 3.8) is 0 Å². The Balaban J connectivity index is 1.71. The number of hydrogen-bond donors (Lipinski definition) is 1. The molecule has 1 aromatic rings. The van der Waals surface area contributed by atoms with Crippen molar-refractivity contribution in [2.24, 2.45) is 11.8 Å². The molecule has 4 nitrogen and oxygen atoms in total. The van der Waals surface area contributed by atoms with Crippen LogP contribution in [0.3, 0.4) is 0 Å². The second kappa shape index (κ2) is 9.12. The summed E-state index contributed by atoms with van der Waals surface area (Å²) in [5, 5.41) is 3.02. The Labute approximate surface area is 166 Å². The number of hydrogen-bond acceptors (Lipinski definition) is 2. The Morgan fingerprint density at radius 1 is 1.27 bits per heavy atom. The first-order chi connectivity index (χ1) is 12.2. The van der Waals surface area contributed by atoms with Gasteiger partial charge in [-0.05, 0) is 63.7 Å². The van der Waals surface area contributed by atoms with Gasteiger partial charge in [-0.25, -0.2) is 4.79 Å². The lowest BCUT2D eigenvalue weighted by Gasteiger charge is -2.34. The number of piperidine rings is 1. The van der Waals surface area contributed by atoms with E-state index in [1.807, 2.05) is 11.0 Å². The van der Waals surface area contributed by atoms with Crippen molar-refractivity contribution in [1.29, 1.82) is 0 Å². The van der Waals surface area contributed by atoms with Gasteiger partial charge in [-0.15, -0.1) is 0 Å². The number of urea groups is 1. The molecule has 1 aliphatic heterocycles. The summed E-state index contributed by atoms with van der Waals surface area (Å²) >= 11 is 3.59. The Kier molecular flexibility index (Phi) is 7.39. The van der Waals surface area contributed by atoms with E-state index in [9.17, 15) is 4.79 Å². The van der Waals surface area contributed by atoms with E-state index < -0.39 is 0 Å². The zero-order valence-electron chi connectivity index (χ0n) is 16.8. The molecule has 0 saturated carbocycles. The molecule has 1 aromatic carbocycles. The highest BCUT2D eigenvalue weighted by molar-refractivity contribution is 9.10. The minimum Gasteiger partial charge on any atom is -0.492 e. The first-order valence-corrected chi connectivity index (χ1v) is 10.4. The van der Waals surface area contributed by atoms with Gasteiger partial charge in [0.15, 0.2) is 0 Å². The van der Waals surface area contributed by atoms with Crippen LogP contribution < -0.4 is 10.1 Å². The standard InChI is InChI=1S/C21H33BrN2O2/c1-15-11-16(2)14-24(13-15)20(25)23-9-6-10-26-19-8-7-17(12-18(19)22)21(3,4)5/h7-8,12,15-16H,6,9-11,13-14H2,1-5H3,(H,23,25). The Hall–Kier alpha value is -1.23. The number of halogens is 1. The predicted octanol–water partition coefficient (Wildman–Crippen LogP) is 5.20. The molecule has 2 unspecified atom stereocenters. The number of amides is 2. The highest BCUT2D eigenvalue weighted by Crippen LogP contribution is 2.31. The second-order valence-electron chi connectivity index (χ2n) is 8.68. The van der Waals surface area contributed by atoms with Crippen LogP contribution in [0.2, 0.25) is 0 Å². The van der Waals surface area contributed by atoms with Crippen molar-refractivity contribution < 1.29 is 9.53 Å². The normalized spacial score (nSPS) is 20.8. The van der Waals surface area contributed by atoms with Gasteiger partial charge in [-0.1, -0.05) is 40.7 Å². The molecule has 1 saturated heterocycles. The third-order valence-electron chi connectivity index (χ3n) is 4.81. The smallest absolute Gasteiger partial charge is 0.317 e. The van der Waals surface area contributed by atoms with Gasteiger partial charge in [0, 0.05) is 19.6 Å². The third kappa shape index (κ3) is 6.19. The van der Waals surface area contributed by atoms with E-state index in [0.29, 0.717) is 25.0 Å². The molecule has 2 amide bonds. The highest BCUT2D eigenvalue weighted by atomic mass is 79.9. The third-order valence-corrected chi connectivity index (χ3v) is 5.43. The highest BCUT2D eigenvalue weighted by Gasteiger charge is 2.25. The van der Waals surface area contributed by atoms with Crippen molar-refractivity contribution >= 4 is 22.0 Å². The van der Waals surface area contributed by atoms with Gasteiger partial charge >= 0.3 is 6.03 Å². The minimum absolute atomic E-state index is 0.0547. The van der Waals surface area contributed by atoms with Gasteiger partial charge in [0.2, 0.25) is 0 Å². The quantitative estimate of drug-likeness (QED) is 0.659. The van der Waals surface area contributed by atoms with Crippen LogP contribution in [0.1, 0.15) is 53.0 Å². The number of nitrogens with zero attached hydrogens (tertiary/aromatic N) is 1. The van der Waals surface area contributed by atoms with Crippen LogP contribution in [0.15, 0.2) is 22.7 Å². The van der Waals surface area contributed by atoms with Crippen LogP contribution in [0, 0.1) is 11.8 Å². The van der Waals surface area contributed by atoms with Gasteiger partial charge in [-0.2, -0.15) is 0 Å². The van der Waals surface area contributed by atoms with Crippen molar-refractivity contribution in [2.75, 3.05) is 26.2 Å². The maximum Gasteiger partial charge on any atom is 0.317 e. The van der Waals surface area contributed by atoms with Crippen molar-refractivity contribution in [1.82, 2.24) is 10.2 Å². The van der Waals surface area contributed by atoms with Crippen LogP contribution in [0.4, 0.5) is 4.79 Å². The zero-order valence-corrected chi connectivity index (χ0v) is 18.4. The summed E-state index contributed by atoms with van der Waals surface area (Å²) in [5.41, 5.74) is 1.39. The summed E-state index contributed by atoms with van der Waals surface area (Å²) < 4.78 is 6.83. The van der Waals surface area contributed by atoms with Gasteiger partial charge in [0.1, 0.15) is 5.75 Å². The molecule has 1 fully saturated rings. The molecule has 2 rings (SSSR count). The van der Waals surface area contributed by atoms with Gasteiger partial charge in [-0.3, -0.25) is 0 Å². The maximum atomic E-state index is 12.3. The monoisotopic (exact) mass is 424 g/mol. The van der Waals surface area contributed by atoms with Crippen LogP contribution >= 0.6 is 15.9 Å². The summed E-state index contributed by atoms with van der Waals surface area (Å²) in [4.78, 5) is 14.2. The maximum absolute atomic E-state index is 12.3. The Bertz CT molecular complexity index is 603. The number of ether oxygens (including phenoxy) is 1. The summed E-state index contributed by atoms with van der Waals surface area (Å²) in [6.07, 6.45) is 2.00. The van der Waals surface area contributed by atoms with Crippen molar-refractivity contribution in [3.8, 4) is 5.75 Å². The Morgan fingerprint density at radius 3 is 2.50 bits per heavy atom. The molecular weight excluding hydrogens is 392 g/mol.